The fourth-order valence-electron chi connectivity index (χ4n) is 1.94. The van der Waals surface area contributed by atoms with Crippen LogP contribution in [0.3, 0.4) is 0 Å². The van der Waals surface area contributed by atoms with Gasteiger partial charge in [-0.15, -0.1) is 0 Å². The smallest absolute Gasteiger partial charge is 0.220 e. The Balaban J connectivity index is 2.46. The van der Waals surface area contributed by atoms with Gasteiger partial charge in [0.05, 0.1) is 0 Å². The molecule has 0 aromatic heterocycles. The number of rotatable bonds is 7. The van der Waals surface area contributed by atoms with E-state index in [1.54, 1.807) is 0 Å². The SMILES string of the molecule is CNCCCC(=O)NCC(C)(C)c1ccc(C)cc1. The van der Waals surface area contributed by atoms with Gasteiger partial charge in [0, 0.05) is 18.4 Å². The van der Waals surface area contributed by atoms with Gasteiger partial charge in [-0.2, -0.15) is 0 Å². The molecule has 1 aromatic rings. The van der Waals surface area contributed by atoms with Gasteiger partial charge in [0.25, 0.3) is 0 Å². The fraction of sp³-hybridized carbons (Fsp3) is 0.562. The molecule has 0 fully saturated rings. The van der Waals surface area contributed by atoms with E-state index in [0.29, 0.717) is 13.0 Å². The number of hydrogen-bond donors (Lipinski definition) is 2. The standard InChI is InChI=1S/C16H26N2O/c1-13-7-9-14(10-8-13)16(2,3)12-18-15(19)6-5-11-17-4/h7-10,17H,5-6,11-12H2,1-4H3,(H,18,19). The van der Waals surface area contributed by atoms with Crippen LogP contribution in [0.15, 0.2) is 24.3 Å². The Labute approximate surface area is 116 Å². The minimum absolute atomic E-state index is 0.0354. The molecule has 0 bridgehead atoms. The number of aryl methyl sites for hydroxylation is 1. The van der Waals surface area contributed by atoms with Crippen molar-refractivity contribution in [2.24, 2.45) is 0 Å². The highest BCUT2D eigenvalue weighted by Gasteiger charge is 2.20. The van der Waals surface area contributed by atoms with Crippen LogP contribution in [0, 0.1) is 6.92 Å². The number of carbonyl (C=O) groups is 1. The van der Waals surface area contributed by atoms with Gasteiger partial charge in [-0.25, -0.2) is 0 Å². The van der Waals surface area contributed by atoms with Crippen LogP contribution in [0.5, 0.6) is 0 Å². The molecule has 0 aliphatic carbocycles. The zero-order valence-corrected chi connectivity index (χ0v) is 12.5. The Bertz CT molecular complexity index is 396. The van der Waals surface area contributed by atoms with E-state index in [1.807, 2.05) is 7.05 Å². The summed E-state index contributed by atoms with van der Waals surface area (Å²) < 4.78 is 0. The third kappa shape index (κ3) is 5.43. The zero-order chi connectivity index (χ0) is 14.3. The largest absolute Gasteiger partial charge is 0.355 e. The Morgan fingerprint density at radius 2 is 1.84 bits per heavy atom. The predicted molar refractivity (Wildman–Crippen MR) is 80.4 cm³/mol. The molecule has 0 heterocycles. The molecule has 19 heavy (non-hydrogen) atoms. The molecule has 0 aliphatic heterocycles. The highest BCUT2D eigenvalue weighted by molar-refractivity contribution is 5.75. The van der Waals surface area contributed by atoms with Crippen LogP contribution in [0.4, 0.5) is 0 Å². The van der Waals surface area contributed by atoms with Gasteiger partial charge in [-0.1, -0.05) is 43.7 Å². The highest BCUT2D eigenvalue weighted by atomic mass is 16.1. The average Bonchev–Trinajstić information content (AvgIpc) is 2.37. The number of nitrogens with one attached hydrogen (secondary N) is 2. The van der Waals surface area contributed by atoms with Crippen molar-refractivity contribution in [3.63, 3.8) is 0 Å². The lowest BCUT2D eigenvalue weighted by Gasteiger charge is -2.26. The lowest BCUT2D eigenvalue weighted by molar-refractivity contribution is -0.121. The molecule has 106 valence electrons. The molecule has 0 saturated carbocycles. The Kier molecular flexibility index (Phi) is 6.03. The van der Waals surface area contributed by atoms with E-state index in [1.165, 1.54) is 11.1 Å². The summed E-state index contributed by atoms with van der Waals surface area (Å²) in [5.41, 5.74) is 2.48. The van der Waals surface area contributed by atoms with Gasteiger partial charge in [0.2, 0.25) is 5.91 Å². The van der Waals surface area contributed by atoms with Crippen LogP contribution < -0.4 is 10.6 Å². The summed E-state index contributed by atoms with van der Waals surface area (Å²) in [4.78, 5) is 11.7. The van der Waals surface area contributed by atoms with Crippen molar-refractivity contribution in [2.75, 3.05) is 20.1 Å². The molecule has 1 rings (SSSR count). The van der Waals surface area contributed by atoms with Gasteiger partial charge in [-0.05, 0) is 32.5 Å². The molecule has 0 unspecified atom stereocenters. The van der Waals surface area contributed by atoms with E-state index in [2.05, 4.69) is 55.7 Å². The Morgan fingerprint density at radius 1 is 1.21 bits per heavy atom. The molecule has 3 nitrogen and oxygen atoms in total. The first kappa shape index (κ1) is 15.7. The second-order valence-corrected chi connectivity index (χ2v) is 5.73. The van der Waals surface area contributed by atoms with E-state index in [0.717, 1.165) is 13.0 Å². The normalized spacial score (nSPS) is 11.4. The molecule has 0 radical (unpaired) electrons. The first-order valence-corrected chi connectivity index (χ1v) is 6.94. The van der Waals surface area contributed by atoms with Gasteiger partial charge in [0.1, 0.15) is 0 Å². The maximum atomic E-state index is 11.7. The van der Waals surface area contributed by atoms with Crippen LogP contribution in [0.25, 0.3) is 0 Å². The van der Waals surface area contributed by atoms with Crippen LogP contribution in [-0.2, 0) is 10.2 Å². The lowest BCUT2D eigenvalue weighted by Crippen LogP contribution is -2.36. The van der Waals surface area contributed by atoms with E-state index >= 15 is 0 Å². The second kappa shape index (κ2) is 7.29. The van der Waals surface area contributed by atoms with E-state index in [9.17, 15) is 4.79 Å². The van der Waals surface area contributed by atoms with E-state index in [-0.39, 0.29) is 11.3 Å². The summed E-state index contributed by atoms with van der Waals surface area (Å²) in [6.07, 6.45) is 1.47. The second-order valence-electron chi connectivity index (χ2n) is 5.73. The van der Waals surface area contributed by atoms with Crippen molar-refractivity contribution in [3.05, 3.63) is 35.4 Å². The van der Waals surface area contributed by atoms with Crippen LogP contribution >= 0.6 is 0 Å². The molecule has 0 spiro atoms. The number of hydrogen-bond acceptors (Lipinski definition) is 2. The fourth-order valence-corrected chi connectivity index (χ4v) is 1.94. The van der Waals surface area contributed by atoms with Crippen molar-refractivity contribution in [1.82, 2.24) is 10.6 Å². The van der Waals surface area contributed by atoms with Gasteiger partial charge < -0.3 is 10.6 Å². The molecular weight excluding hydrogens is 236 g/mol. The average molecular weight is 262 g/mol. The minimum Gasteiger partial charge on any atom is -0.355 e. The van der Waals surface area contributed by atoms with Crippen LogP contribution in [0.2, 0.25) is 0 Å². The predicted octanol–water partition coefficient (Wildman–Crippen LogP) is 2.39. The summed E-state index contributed by atoms with van der Waals surface area (Å²) in [5, 5.41) is 6.07. The molecule has 0 atom stereocenters. The molecule has 1 amide bonds. The number of amides is 1. The number of benzene rings is 1. The van der Waals surface area contributed by atoms with Crippen LogP contribution in [-0.4, -0.2) is 26.0 Å². The molecule has 0 aliphatic rings. The molecule has 2 N–H and O–H groups in total. The quantitative estimate of drug-likeness (QED) is 0.741. The lowest BCUT2D eigenvalue weighted by atomic mass is 9.84. The highest BCUT2D eigenvalue weighted by Crippen LogP contribution is 2.22. The maximum absolute atomic E-state index is 11.7. The summed E-state index contributed by atoms with van der Waals surface area (Å²) in [6, 6.07) is 8.52. The first-order chi connectivity index (χ1) is 8.95. The van der Waals surface area contributed by atoms with Crippen molar-refractivity contribution in [2.45, 2.75) is 39.0 Å². The van der Waals surface area contributed by atoms with Gasteiger partial charge >= 0.3 is 0 Å². The third-order valence-electron chi connectivity index (χ3n) is 3.39. The summed E-state index contributed by atoms with van der Waals surface area (Å²) in [5.74, 6) is 0.135. The molecule has 1 aromatic carbocycles. The molecular formula is C16H26N2O. The van der Waals surface area contributed by atoms with Crippen molar-refractivity contribution >= 4 is 5.91 Å². The van der Waals surface area contributed by atoms with Gasteiger partial charge in [-0.3, -0.25) is 4.79 Å². The first-order valence-electron chi connectivity index (χ1n) is 6.94. The monoisotopic (exact) mass is 262 g/mol. The van der Waals surface area contributed by atoms with Crippen molar-refractivity contribution < 1.29 is 4.79 Å². The third-order valence-corrected chi connectivity index (χ3v) is 3.39. The van der Waals surface area contributed by atoms with E-state index < -0.39 is 0 Å². The maximum Gasteiger partial charge on any atom is 0.220 e. The van der Waals surface area contributed by atoms with Gasteiger partial charge in [0.15, 0.2) is 0 Å². The van der Waals surface area contributed by atoms with E-state index in [4.69, 9.17) is 0 Å². The summed E-state index contributed by atoms with van der Waals surface area (Å²) in [7, 11) is 1.90. The number of carbonyl (C=O) groups excluding carboxylic acids is 1. The minimum atomic E-state index is -0.0354. The Hall–Kier alpha value is -1.35. The van der Waals surface area contributed by atoms with Crippen molar-refractivity contribution in [3.8, 4) is 0 Å². The molecule has 3 heteroatoms. The summed E-state index contributed by atoms with van der Waals surface area (Å²) >= 11 is 0. The molecule has 0 saturated heterocycles. The topological polar surface area (TPSA) is 41.1 Å². The van der Waals surface area contributed by atoms with Crippen LogP contribution in [0.1, 0.15) is 37.8 Å². The Morgan fingerprint density at radius 3 is 2.42 bits per heavy atom. The summed E-state index contributed by atoms with van der Waals surface area (Å²) in [6.45, 7) is 7.96. The zero-order valence-electron chi connectivity index (χ0n) is 12.5. The van der Waals surface area contributed by atoms with Crippen molar-refractivity contribution in [1.29, 1.82) is 0 Å².